The quantitative estimate of drug-likeness (QED) is 0.373. The van der Waals surface area contributed by atoms with E-state index in [9.17, 15) is 4.79 Å². The summed E-state index contributed by atoms with van der Waals surface area (Å²) in [6, 6.07) is 23.6. The third-order valence-corrected chi connectivity index (χ3v) is 9.66. The molecule has 1 saturated carbocycles. The minimum absolute atomic E-state index is 0.0325. The van der Waals surface area contributed by atoms with Crippen molar-refractivity contribution in [3.63, 3.8) is 0 Å². The van der Waals surface area contributed by atoms with Crippen molar-refractivity contribution in [2.45, 2.75) is 57.4 Å². The van der Waals surface area contributed by atoms with E-state index in [1.165, 1.54) is 54.6 Å². The molecule has 1 amide bonds. The van der Waals surface area contributed by atoms with Crippen LogP contribution >= 0.6 is 11.6 Å². The van der Waals surface area contributed by atoms with Crippen molar-refractivity contribution in [2.75, 3.05) is 19.6 Å². The Kier molecular flexibility index (Phi) is 6.63. The van der Waals surface area contributed by atoms with Crippen molar-refractivity contribution in [1.82, 2.24) is 10.2 Å². The lowest BCUT2D eigenvalue weighted by Gasteiger charge is -2.55. The number of fused-ring (bicyclic) bond motifs is 4. The molecule has 1 heterocycles. The second kappa shape index (κ2) is 9.93. The number of carbonyl (C=O) groups is 1. The van der Waals surface area contributed by atoms with E-state index in [0.29, 0.717) is 18.5 Å². The SMILES string of the molecule is C[C@H]1C2Cc3ccc(C(=O)NCCc4ccc(-c5ccc(Cl)cc5)cc4)cc3[C@@]1(C)CCN2CC1CC1. The smallest absolute Gasteiger partial charge is 0.251 e. The average Bonchev–Trinajstić information content (AvgIpc) is 3.73. The largest absolute Gasteiger partial charge is 0.352 e. The number of nitrogens with one attached hydrogen (secondary N) is 1. The maximum absolute atomic E-state index is 13.1. The molecule has 2 aliphatic carbocycles. The van der Waals surface area contributed by atoms with E-state index in [-0.39, 0.29) is 11.3 Å². The number of halogens is 1. The fourth-order valence-corrected chi connectivity index (χ4v) is 6.76. The lowest BCUT2D eigenvalue weighted by molar-refractivity contribution is 0.0284. The van der Waals surface area contributed by atoms with Gasteiger partial charge in [-0.25, -0.2) is 0 Å². The van der Waals surface area contributed by atoms with Crippen molar-refractivity contribution in [3.05, 3.63) is 94.0 Å². The van der Waals surface area contributed by atoms with Gasteiger partial charge in [0, 0.05) is 29.7 Å². The molecule has 2 bridgehead atoms. The number of amides is 1. The summed E-state index contributed by atoms with van der Waals surface area (Å²) >= 11 is 6.01. The van der Waals surface area contributed by atoms with Gasteiger partial charge in [0.05, 0.1) is 0 Å². The number of benzene rings is 3. The summed E-state index contributed by atoms with van der Waals surface area (Å²) < 4.78 is 0. The van der Waals surface area contributed by atoms with E-state index < -0.39 is 0 Å². The first-order valence-electron chi connectivity index (χ1n) is 13.9. The number of rotatable bonds is 7. The summed E-state index contributed by atoms with van der Waals surface area (Å²) in [6.07, 6.45) is 5.94. The molecular formula is C33H37ClN2O. The monoisotopic (exact) mass is 512 g/mol. The van der Waals surface area contributed by atoms with E-state index in [2.05, 4.69) is 60.5 Å². The van der Waals surface area contributed by atoms with Gasteiger partial charge in [-0.05, 0) is 108 Å². The molecule has 2 fully saturated rings. The standard InChI is InChI=1S/C33H37ClN2O/c1-22-31-20-27-9-10-28(19-30(27)33(22,2)16-18-36(31)21-24-3-4-24)32(37)35-17-15-23-5-7-25(8-6-23)26-11-13-29(34)14-12-26/h5-14,19,22,24,31H,3-4,15-18,20-21H2,1-2H3,(H,35,37)/t22-,31?,33-/m0/s1. The van der Waals surface area contributed by atoms with Gasteiger partial charge in [-0.15, -0.1) is 0 Å². The zero-order chi connectivity index (χ0) is 25.6. The van der Waals surface area contributed by atoms with E-state index >= 15 is 0 Å². The molecule has 3 atom stereocenters. The first kappa shape index (κ1) is 24.7. The second-order valence-corrected chi connectivity index (χ2v) is 12.2. The highest BCUT2D eigenvalue weighted by molar-refractivity contribution is 6.30. The first-order chi connectivity index (χ1) is 17.9. The highest BCUT2D eigenvalue weighted by Gasteiger charge is 2.49. The molecule has 6 rings (SSSR count). The molecule has 3 nitrogen and oxygen atoms in total. The number of piperidine rings is 1. The summed E-state index contributed by atoms with van der Waals surface area (Å²) in [6.45, 7) is 7.98. The normalized spacial score (nSPS) is 24.9. The summed E-state index contributed by atoms with van der Waals surface area (Å²) in [5.41, 5.74) is 7.34. The molecule has 1 unspecified atom stereocenters. The predicted molar refractivity (Wildman–Crippen MR) is 152 cm³/mol. The Bertz CT molecular complexity index is 1280. The zero-order valence-electron chi connectivity index (χ0n) is 22.0. The molecule has 3 aromatic carbocycles. The second-order valence-electron chi connectivity index (χ2n) is 11.7. The number of likely N-dealkylation sites (tertiary alicyclic amines) is 1. The fourth-order valence-electron chi connectivity index (χ4n) is 6.64. The summed E-state index contributed by atoms with van der Waals surface area (Å²) in [7, 11) is 0. The summed E-state index contributed by atoms with van der Waals surface area (Å²) in [5.74, 6) is 1.58. The molecule has 0 aromatic heterocycles. The van der Waals surface area contributed by atoms with E-state index in [4.69, 9.17) is 11.6 Å². The Labute approximate surface area is 226 Å². The van der Waals surface area contributed by atoms with Gasteiger partial charge in [0.1, 0.15) is 0 Å². The third kappa shape index (κ3) is 4.96. The topological polar surface area (TPSA) is 32.3 Å². The molecule has 1 saturated heterocycles. The molecule has 3 aromatic rings. The van der Waals surface area contributed by atoms with Crippen molar-refractivity contribution >= 4 is 17.5 Å². The van der Waals surface area contributed by atoms with Gasteiger partial charge in [-0.2, -0.15) is 0 Å². The molecule has 192 valence electrons. The van der Waals surface area contributed by atoms with Gasteiger partial charge in [0.15, 0.2) is 0 Å². The van der Waals surface area contributed by atoms with Gasteiger partial charge < -0.3 is 5.32 Å². The van der Waals surface area contributed by atoms with Crippen molar-refractivity contribution in [2.24, 2.45) is 11.8 Å². The molecule has 3 aliphatic rings. The number of hydrogen-bond acceptors (Lipinski definition) is 2. The molecular weight excluding hydrogens is 476 g/mol. The Balaban J connectivity index is 1.09. The minimum atomic E-state index is 0.0325. The predicted octanol–water partition coefficient (Wildman–Crippen LogP) is 6.91. The van der Waals surface area contributed by atoms with Crippen LogP contribution in [-0.4, -0.2) is 36.5 Å². The fraction of sp³-hybridized carbons (Fsp3) is 0.424. The van der Waals surface area contributed by atoms with Gasteiger partial charge in [-0.1, -0.05) is 67.9 Å². The molecule has 1 aliphatic heterocycles. The zero-order valence-corrected chi connectivity index (χ0v) is 22.7. The van der Waals surface area contributed by atoms with E-state index in [1.807, 2.05) is 30.3 Å². The maximum atomic E-state index is 13.1. The van der Waals surface area contributed by atoms with Crippen LogP contribution in [0.1, 0.15) is 60.2 Å². The van der Waals surface area contributed by atoms with Crippen LogP contribution in [0.5, 0.6) is 0 Å². The molecule has 37 heavy (non-hydrogen) atoms. The van der Waals surface area contributed by atoms with Gasteiger partial charge in [-0.3, -0.25) is 9.69 Å². The molecule has 1 N–H and O–H groups in total. The summed E-state index contributed by atoms with van der Waals surface area (Å²) in [5, 5.41) is 3.91. The van der Waals surface area contributed by atoms with Crippen molar-refractivity contribution in [3.8, 4) is 11.1 Å². The first-order valence-corrected chi connectivity index (χ1v) is 14.3. The van der Waals surface area contributed by atoms with Crippen LogP contribution in [0.2, 0.25) is 5.02 Å². The van der Waals surface area contributed by atoms with Crippen molar-refractivity contribution in [1.29, 1.82) is 0 Å². The minimum Gasteiger partial charge on any atom is -0.352 e. The number of hydrogen-bond donors (Lipinski definition) is 1. The third-order valence-electron chi connectivity index (χ3n) is 9.41. The molecule has 0 spiro atoms. The Morgan fingerprint density at radius 3 is 2.43 bits per heavy atom. The van der Waals surface area contributed by atoms with Gasteiger partial charge >= 0.3 is 0 Å². The lowest BCUT2D eigenvalue weighted by atomic mass is 9.59. The Morgan fingerprint density at radius 1 is 1.03 bits per heavy atom. The average molecular weight is 513 g/mol. The van der Waals surface area contributed by atoms with E-state index in [0.717, 1.165) is 34.9 Å². The van der Waals surface area contributed by atoms with Crippen LogP contribution in [-0.2, 0) is 18.3 Å². The highest BCUT2D eigenvalue weighted by Crippen LogP contribution is 2.49. The van der Waals surface area contributed by atoms with Gasteiger partial charge in [0.25, 0.3) is 5.91 Å². The number of nitrogens with zero attached hydrogens (tertiary/aromatic N) is 1. The number of carbonyl (C=O) groups excluding carboxylic acids is 1. The molecule has 4 heteroatoms. The maximum Gasteiger partial charge on any atom is 0.251 e. The van der Waals surface area contributed by atoms with Crippen LogP contribution in [0.15, 0.2) is 66.7 Å². The van der Waals surface area contributed by atoms with Crippen LogP contribution in [0.4, 0.5) is 0 Å². The highest BCUT2D eigenvalue weighted by atomic mass is 35.5. The van der Waals surface area contributed by atoms with Crippen LogP contribution in [0.3, 0.4) is 0 Å². The van der Waals surface area contributed by atoms with E-state index in [1.54, 1.807) is 0 Å². The van der Waals surface area contributed by atoms with Crippen molar-refractivity contribution < 1.29 is 4.79 Å². The Hall–Kier alpha value is -2.62. The van der Waals surface area contributed by atoms with Gasteiger partial charge in [0.2, 0.25) is 0 Å². The Morgan fingerprint density at radius 2 is 1.73 bits per heavy atom. The lowest BCUT2D eigenvalue weighted by Crippen LogP contribution is -2.58. The summed E-state index contributed by atoms with van der Waals surface area (Å²) in [4.78, 5) is 15.9. The van der Waals surface area contributed by atoms with Crippen LogP contribution < -0.4 is 5.32 Å². The van der Waals surface area contributed by atoms with Crippen LogP contribution in [0.25, 0.3) is 11.1 Å². The van der Waals surface area contributed by atoms with Crippen LogP contribution in [0, 0.1) is 11.8 Å². The molecule has 0 radical (unpaired) electrons.